The minimum absolute atomic E-state index is 0.370. The molecule has 0 amide bonds. The predicted molar refractivity (Wildman–Crippen MR) is 245 cm³/mol. The molecule has 336 valence electrons. The first kappa shape index (κ1) is 53.7. The molecule has 0 radical (unpaired) electrons. The Morgan fingerprint density at radius 2 is 0.714 bits per heavy atom. The van der Waals surface area contributed by atoms with E-state index >= 15 is 0 Å². The number of unbranched alkanes of at least 4 members (excludes halogenated alkanes) is 20. The molecule has 1 saturated heterocycles. The van der Waals surface area contributed by atoms with Gasteiger partial charge in [0.1, 0.15) is 0 Å². The van der Waals surface area contributed by atoms with Gasteiger partial charge in [-0.05, 0) is 63.5 Å². The van der Waals surface area contributed by atoms with Gasteiger partial charge in [0, 0.05) is 39.3 Å². The number of piperazine rings is 1. The van der Waals surface area contributed by atoms with Crippen LogP contribution in [0.15, 0.2) is 0 Å². The van der Waals surface area contributed by atoms with Crippen molar-refractivity contribution in [2.24, 2.45) is 23.3 Å². The van der Waals surface area contributed by atoms with Crippen LogP contribution in [-0.2, 0) is 0 Å². The maximum atomic E-state index is 10.4. The van der Waals surface area contributed by atoms with Crippen molar-refractivity contribution in [3.63, 3.8) is 0 Å². The number of nitrogens with zero attached hydrogens (tertiary/aromatic N) is 2. The van der Waals surface area contributed by atoms with E-state index in [0.717, 1.165) is 77.8 Å². The summed E-state index contributed by atoms with van der Waals surface area (Å²) < 4.78 is 0. The average molecular weight is 795 g/mol. The lowest BCUT2D eigenvalue weighted by atomic mass is 9.91. The third kappa shape index (κ3) is 29.0. The molecule has 0 spiro atoms. The van der Waals surface area contributed by atoms with Crippen LogP contribution >= 0.6 is 0 Å². The van der Waals surface area contributed by atoms with Crippen molar-refractivity contribution in [1.82, 2.24) is 20.4 Å². The second kappa shape index (κ2) is 38.9. The van der Waals surface area contributed by atoms with Crippen molar-refractivity contribution in [1.29, 1.82) is 0 Å². The summed E-state index contributed by atoms with van der Waals surface area (Å²) in [5.41, 5.74) is 11.7. The Kier molecular flexibility index (Phi) is 37.3. The highest BCUT2D eigenvalue weighted by Gasteiger charge is 2.26. The fourth-order valence-corrected chi connectivity index (χ4v) is 9.25. The van der Waals surface area contributed by atoms with Gasteiger partial charge in [-0.1, -0.05) is 182 Å². The minimum atomic E-state index is -0.374. The highest BCUT2D eigenvalue weighted by Crippen LogP contribution is 2.23. The maximum absolute atomic E-state index is 10.4. The van der Waals surface area contributed by atoms with E-state index in [9.17, 15) is 10.2 Å². The zero-order valence-electron chi connectivity index (χ0n) is 38.3. The Morgan fingerprint density at radius 1 is 0.429 bits per heavy atom. The lowest BCUT2D eigenvalue weighted by molar-refractivity contribution is 0.0441. The van der Waals surface area contributed by atoms with Crippen LogP contribution in [0.5, 0.6) is 0 Å². The zero-order valence-corrected chi connectivity index (χ0v) is 38.3. The summed E-state index contributed by atoms with van der Waals surface area (Å²) in [5.74, 6) is 1.09. The summed E-state index contributed by atoms with van der Waals surface area (Å²) in [6.07, 6.45) is 38.9. The molecule has 6 atom stereocenters. The van der Waals surface area contributed by atoms with Gasteiger partial charge < -0.3 is 32.3 Å². The van der Waals surface area contributed by atoms with Crippen molar-refractivity contribution in [2.75, 3.05) is 52.4 Å². The molecule has 0 bridgehead atoms. The average Bonchev–Trinajstić information content (AvgIpc) is 3.21. The van der Waals surface area contributed by atoms with Crippen molar-refractivity contribution in [2.45, 2.75) is 245 Å². The van der Waals surface area contributed by atoms with Gasteiger partial charge in [0.25, 0.3) is 0 Å². The molecule has 1 aliphatic rings. The van der Waals surface area contributed by atoms with E-state index in [1.165, 1.54) is 154 Å². The van der Waals surface area contributed by atoms with Gasteiger partial charge in [-0.3, -0.25) is 9.80 Å². The number of aliphatic hydroxyl groups is 2. The van der Waals surface area contributed by atoms with Crippen molar-refractivity contribution in [3.8, 4) is 0 Å². The van der Waals surface area contributed by atoms with E-state index < -0.39 is 0 Å². The SMILES string of the molecule is CCCCCCCCCCCCCC(CCNC(CC)N1CCN(C(CC)NCCC(CCCCCCCCCCCCC)CC(O)CN)CC1)CC(O)CN. The number of hydrogen-bond acceptors (Lipinski definition) is 8. The van der Waals surface area contributed by atoms with E-state index in [-0.39, 0.29) is 12.2 Å². The predicted octanol–water partition coefficient (Wildman–Crippen LogP) is 10.1. The fourth-order valence-electron chi connectivity index (χ4n) is 9.25. The van der Waals surface area contributed by atoms with Gasteiger partial charge in [-0.15, -0.1) is 0 Å². The van der Waals surface area contributed by atoms with E-state index in [1.807, 2.05) is 0 Å². The van der Waals surface area contributed by atoms with E-state index in [1.54, 1.807) is 0 Å². The number of hydrogen-bond donors (Lipinski definition) is 6. The minimum Gasteiger partial charge on any atom is -0.392 e. The summed E-state index contributed by atoms with van der Waals surface area (Å²) in [7, 11) is 0. The summed E-state index contributed by atoms with van der Waals surface area (Å²) >= 11 is 0. The van der Waals surface area contributed by atoms with Crippen molar-refractivity contribution < 1.29 is 10.2 Å². The van der Waals surface area contributed by atoms with Crippen LogP contribution in [-0.4, -0.2) is 96.9 Å². The first-order valence-electron chi connectivity index (χ1n) is 25.1. The van der Waals surface area contributed by atoms with Gasteiger partial charge >= 0.3 is 0 Å². The van der Waals surface area contributed by atoms with Crippen LogP contribution in [0, 0.1) is 11.8 Å². The lowest BCUT2D eigenvalue weighted by Gasteiger charge is -2.42. The summed E-state index contributed by atoms with van der Waals surface area (Å²) in [4.78, 5) is 5.32. The molecule has 8 nitrogen and oxygen atoms in total. The smallest absolute Gasteiger partial charge is 0.0665 e. The molecule has 56 heavy (non-hydrogen) atoms. The van der Waals surface area contributed by atoms with Gasteiger partial charge in [0.2, 0.25) is 0 Å². The van der Waals surface area contributed by atoms with Crippen LogP contribution in [0.1, 0.15) is 220 Å². The molecule has 8 N–H and O–H groups in total. The van der Waals surface area contributed by atoms with Gasteiger partial charge in [0.05, 0.1) is 24.5 Å². The normalized spacial score (nSPS) is 17.6. The van der Waals surface area contributed by atoms with Crippen LogP contribution in [0.25, 0.3) is 0 Å². The molecule has 0 aromatic rings. The Bertz CT molecular complexity index is 736. The quantitative estimate of drug-likeness (QED) is 0.0338. The molecular weight excluding hydrogens is 693 g/mol. The largest absolute Gasteiger partial charge is 0.392 e. The van der Waals surface area contributed by atoms with E-state index in [4.69, 9.17) is 11.5 Å². The Morgan fingerprint density at radius 3 is 0.982 bits per heavy atom. The molecule has 0 aromatic heterocycles. The first-order valence-corrected chi connectivity index (χ1v) is 25.1. The number of nitrogens with one attached hydrogen (secondary N) is 2. The summed E-state index contributed by atoms with van der Waals surface area (Å²) in [6, 6.07) is 0. The molecule has 6 unspecified atom stereocenters. The Balaban J connectivity index is 2.38. The standard InChI is InChI=1S/C48H102N6O2/c1-5-9-11-13-15-17-19-21-23-25-27-29-43(39-45(55)41-49)31-33-51-47(7-3)53-35-37-54(38-36-53)48(8-4)52-34-32-44(40-46(56)42-50)30-28-26-24-22-20-18-16-14-12-10-6-2/h43-48,51-52,55-56H,5-42,49-50H2,1-4H3. The molecule has 8 heteroatoms. The van der Waals surface area contributed by atoms with Crippen LogP contribution < -0.4 is 22.1 Å². The maximum Gasteiger partial charge on any atom is 0.0665 e. The summed E-state index contributed by atoms with van der Waals surface area (Å²) in [5, 5.41) is 28.6. The molecule has 1 fully saturated rings. The first-order chi connectivity index (χ1) is 27.4. The monoisotopic (exact) mass is 795 g/mol. The van der Waals surface area contributed by atoms with Gasteiger partial charge in [-0.2, -0.15) is 0 Å². The highest BCUT2D eigenvalue weighted by atomic mass is 16.3. The van der Waals surface area contributed by atoms with Crippen molar-refractivity contribution >= 4 is 0 Å². The number of aliphatic hydroxyl groups excluding tert-OH is 2. The molecule has 0 aliphatic carbocycles. The van der Waals surface area contributed by atoms with E-state index in [0.29, 0.717) is 37.3 Å². The van der Waals surface area contributed by atoms with Gasteiger partial charge in [-0.25, -0.2) is 0 Å². The zero-order chi connectivity index (χ0) is 40.9. The second-order valence-electron chi connectivity index (χ2n) is 18.0. The van der Waals surface area contributed by atoms with Crippen LogP contribution in [0.2, 0.25) is 0 Å². The molecule has 1 aliphatic heterocycles. The Labute approximate surface area is 350 Å². The Hall–Kier alpha value is -0.320. The third-order valence-electron chi connectivity index (χ3n) is 13.1. The lowest BCUT2D eigenvalue weighted by Crippen LogP contribution is -2.58. The molecule has 1 heterocycles. The summed E-state index contributed by atoms with van der Waals surface area (Å²) in [6.45, 7) is 16.4. The second-order valence-corrected chi connectivity index (χ2v) is 18.0. The molecule has 0 saturated carbocycles. The molecular formula is C48H102N6O2. The fraction of sp³-hybridized carbons (Fsp3) is 1.00. The molecule has 0 aromatic carbocycles. The number of rotatable bonds is 42. The topological polar surface area (TPSA) is 123 Å². The van der Waals surface area contributed by atoms with Crippen LogP contribution in [0.3, 0.4) is 0 Å². The van der Waals surface area contributed by atoms with E-state index in [2.05, 4.69) is 48.1 Å². The molecule has 1 rings (SSSR count). The highest BCUT2D eigenvalue weighted by molar-refractivity contribution is 4.81. The number of nitrogens with two attached hydrogens (primary N) is 2. The van der Waals surface area contributed by atoms with Gasteiger partial charge in [0.15, 0.2) is 0 Å². The van der Waals surface area contributed by atoms with Crippen LogP contribution in [0.4, 0.5) is 0 Å². The third-order valence-corrected chi connectivity index (χ3v) is 13.1. The van der Waals surface area contributed by atoms with Crippen molar-refractivity contribution in [3.05, 3.63) is 0 Å².